The zero-order chi connectivity index (χ0) is 15.8. The summed E-state index contributed by atoms with van der Waals surface area (Å²) in [5.41, 5.74) is -0.0675. The van der Waals surface area contributed by atoms with Gasteiger partial charge in [0.05, 0.1) is 20.5 Å². The van der Waals surface area contributed by atoms with Gasteiger partial charge in [-0.3, -0.25) is 14.9 Å². The molecule has 1 aromatic rings. The van der Waals surface area contributed by atoms with E-state index in [9.17, 15) is 14.9 Å². The highest BCUT2D eigenvalue weighted by Crippen LogP contribution is 2.51. The van der Waals surface area contributed by atoms with E-state index in [-0.39, 0.29) is 26.7 Å². The third kappa shape index (κ3) is 3.30. The summed E-state index contributed by atoms with van der Waals surface area (Å²) in [7, 11) is 0. The van der Waals surface area contributed by atoms with E-state index in [1.165, 1.54) is 0 Å². The molecule has 0 bridgehead atoms. The first-order chi connectivity index (χ1) is 9.77. The van der Waals surface area contributed by atoms with Gasteiger partial charge >= 0.3 is 0 Å². The molecular formula is C14H16Cl2N2O3. The van der Waals surface area contributed by atoms with Crippen LogP contribution in [-0.2, 0) is 0 Å². The average Bonchev–Trinajstić information content (AvgIpc) is 3.20. The maximum Gasteiger partial charge on any atom is 0.271 e. The third-order valence-corrected chi connectivity index (χ3v) is 4.99. The normalized spacial score (nSPS) is 15.9. The predicted octanol–water partition coefficient (Wildman–Crippen LogP) is 4.07. The van der Waals surface area contributed by atoms with Crippen LogP contribution in [0.5, 0.6) is 0 Å². The van der Waals surface area contributed by atoms with E-state index in [1.54, 1.807) is 0 Å². The molecule has 1 N–H and O–H groups in total. The number of carbonyl (C=O) groups excluding carboxylic acids is 1. The van der Waals surface area contributed by atoms with Gasteiger partial charge in [-0.25, -0.2) is 0 Å². The van der Waals surface area contributed by atoms with Crippen molar-refractivity contribution in [2.75, 3.05) is 6.54 Å². The number of hydrogen-bond acceptors (Lipinski definition) is 3. The highest BCUT2D eigenvalue weighted by Gasteiger charge is 2.45. The van der Waals surface area contributed by atoms with E-state index < -0.39 is 10.8 Å². The van der Waals surface area contributed by atoms with Crippen LogP contribution in [0.2, 0.25) is 10.0 Å². The Morgan fingerprint density at radius 2 is 2.05 bits per heavy atom. The molecule has 0 aliphatic heterocycles. The summed E-state index contributed by atoms with van der Waals surface area (Å²) in [6.07, 6.45) is 2.16. The number of nitro groups is 1. The second kappa shape index (κ2) is 5.81. The van der Waals surface area contributed by atoms with E-state index >= 15 is 0 Å². The second-order valence-corrected chi connectivity index (χ2v) is 6.53. The van der Waals surface area contributed by atoms with E-state index in [2.05, 4.69) is 19.2 Å². The summed E-state index contributed by atoms with van der Waals surface area (Å²) in [4.78, 5) is 22.4. The van der Waals surface area contributed by atoms with Crippen LogP contribution < -0.4 is 5.32 Å². The number of carbonyl (C=O) groups is 1. The topological polar surface area (TPSA) is 72.2 Å². The lowest BCUT2D eigenvalue weighted by atomic mass is 9.92. The zero-order valence-corrected chi connectivity index (χ0v) is 13.3. The van der Waals surface area contributed by atoms with Gasteiger partial charge in [-0.05, 0) is 24.2 Å². The lowest BCUT2D eigenvalue weighted by Gasteiger charge is -2.20. The monoisotopic (exact) mass is 330 g/mol. The average molecular weight is 331 g/mol. The zero-order valence-electron chi connectivity index (χ0n) is 11.8. The molecule has 7 heteroatoms. The van der Waals surface area contributed by atoms with E-state index in [0.717, 1.165) is 25.0 Å². The highest BCUT2D eigenvalue weighted by atomic mass is 35.5. The van der Waals surface area contributed by atoms with Crippen LogP contribution in [0.1, 0.15) is 37.0 Å². The largest absolute Gasteiger partial charge is 0.351 e. The molecule has 0 unspecified atom stereocenters. The highest BCUT2D eigenvalue weighted by molar-refractivity contribution is 6.44. The minimum absolute atomic E-state index is 0.000937. The van der Waals surface area contributed by atoms with Crippen molar-refractivity contribution in [3.8, 4) is 0 Å². The molecule has 1 fully saturated rings. The number of nitro benzene ring substituents is 1. The Labute approximate surface area is 132 Å². The second-order valence-electron chi connectivity index (χ2n) is 5.75. The van der Waals surface area contributed by atoms with E-state index in [4.69, 9.17) is 23.2 Å². The minimum Gasteiger partial charge on any atom is -0.351 e. The molecule has 1 saturated carbocycles. The minimum atomic E-state index is -0.602. The summed E-state index contributed by atoms with van der Waals surface area (Å²) >= 11 is 11.8. The molecule has 1 amide bonds. The maximum atomic E-state index is 12.2. The molecule has 114 valence electrons. The number of amides is 1. The van der Waals surface area contributed by atoms with Gasteiger partial charge in [-0.15, -0.1) is 0 Å². The van der Waals surface area contributed by atoms with Crippen molar-refractivity contribution in [3.63, 3.8) is 0 Å². The van der Waals surface area contributed by atoms with Gasteiger partial charge in [-0.1, -0.05) is 37.0 Å². The molecule has 1 aromatic carbocycles. The van der Waals surface area contributed by atoms with Gasteiger partial charge in [0.25, 0.3) is 11.6 Å². The van der Waals surface area contributed by atoms with Crippen molar-refractivity contribution in [1.82, 2.24) is 5.32 Å². The number of nitrogens with zero attached hydrogens (tertiary/aromatic N) is 1. The molecule has 1 aliphatic carbocycles. The van der Waals surface area contributed by atoms with Crippen LogP contribution in [-0.4, -0.2) is 17.4 Å². The Bertz CT molecular complexity index is 598. The van der Waals surface area contributed by atoms with E-state index in [1.807, 2.05) is 0 Å². The molecule has 0 saturated heterocycles. The molecule has 0 atom stereocenters. The van der Waals surface area contributed by atoms with Crippen LogP contribution >= 0.6 is 23.2 Å². The predicted molar refractivity (Wildman–Crippen MR) is 82.0 cm³/mol. The van der Waals surface area contributed by atoms with Gasteiger partial charge in [-0.2, -0.15) is 0 Å². The molecule has 0 heterocycles. The van der Waals surface area contributed by atoms with Crippen molar-refractivity contribution < 1.29 is 9.72 Å². The van der Waals surface area contributed by atoms with Crippen molar-refractivity contribution in [2.45, 2.75) is 26.7 Å². The van der Waals surface area contributed by atoms with Gasteiger partial charge < -0.3 is 5.32 Å². The standard InChI is InChI=1S/C14H16Cl2N2O3/c1-8(2)14(3-4-14)7-17-13(19)10-5-9(18(20)21)6-11(15)12(10)16/h5-6,8H,3-4,7H2,1-2H3,(H,17,19). The molecule has 5 nitrogen and oxygen atoms in total. The van der Waals surface area contributed by atoms with Crippen LogP contribution in [0.25, 0.3) is 0 Å². The van der Waals surface area contributed by atoms with Crippen LogP contribution in [0.4, 0.5) is 5.69 Å². The van der Waals surface area contributed by atoms with E-state index in [0.29, 0.717) is 12.5 Å². The quantitative estimate of drug-likeness (QED) is 0.653. The fraction of sp³-hybridized carbons (Fsp3) is 0.500. The number of benzene rings is 1. The fourth-order valence-corrected chi connectivity index (χ4v) is 2.72. The fourth-order valence-electron chi connectivity index (χ4n) is 2.32. The van der Waals surface area contributed by atoms with Gasteiger partial charge in [0, 0.05) is 18.7 Å². The molecule has 0 spiro atoms. The summed E-state index contributed by atoms with van der Waals surface area (Å²) in [5.74, 6) is 0.0412. The van der Waals surface area contributed by atoms with Gasteiger partial charge in [0.15, 0.2) is 0 Å². The summed E-state index contributed by atoms with van der Waals surface area (Å²) in [5, 5.41) is 13.7. The van der Waals surface area contributed by atoms with Gasteiger partial charge in [0.1, 0.15) is 0 Å². The van der Waals surface area contributed by atoms with Crippen molar-refractivity contribution in [1.29, 1.82) is 0 Å². The van der Waals surface area contributed by atoms with Crippen LogP contribution in [0, 0.1) is 21.4 Å². The maximum absolute atomic E-state index is 12.2. The number of rotatable bonds is 5. The molecule has 0 aromatic heterocycles. The van der Waals surface area contributed by atoms with Crippen LogP contribution in [0.15, 0.2) is 12.1 Å². The number of hydrogen-bond donors (Lipinski definition) is 1. The van der Waals surface area contributed by atoms with Crippen LogP contribution in [0.3, 0.4) is 0 Å². The molecular weight excluding hydrogens is 315 g/mol. The Morgan fingerprint density at radius 3 is 2.52 bits per heavy atom. The molecule has 21 heavy (non-hydrogen) atoms. The summed E-state index contributed by atoms with van der Waals surface area (Å²) in [6, 6.07) is 2.29. The van der Waals surface area contributed by atoms with Gasteiger partial charge in [0.2, 0.25) is 0 Å². The smallest absolute Gasteiger partial charge is 0.271 e. The first kappa shape index (κ1) is 16.0. The SMILES string of the molecule is CC(C)C1(CNC(=O)c2cc([N+](=O)[O-])cc(Cl)c2Cl)CC1. The number of halogens is 2. The first-order valence-corrected chi connectivity index (χ1v) is 7.44. The lowest BCUT2D eigenvalue weighted by molar-refractivity contribution is -0.384. The van der Waals surface area contributed by atoms with Crippen molar-refractivity contribution in [2.24, 2.45) is 11.3 Å². The lowest BCUT2D eigenvalue weighted by Crippen LogP contribution is -2.32. The Morgan fingerprint density at radius 1 is 1.43 bits per heavy atom. The third-order valence-electron chi connectivity index (χ3n) is 4.19. The Hall–Kier alpha value is -1.33. The molecule has 1 aliphatic rings. The molecule has 0 radical (unpaired) electrons. The summed E-state index contributed by atoms with van der Waals surface area (Å²) in [6.45, 7) is 4.78. The Balaban J connectivity index is 2.17. The first-order valence-electron chi connectivity index (χ1n) is 6.68. The number of non-ortho nitro benzene ring substituents is 1. The van der Waals surface area contributed by atoms with Crippen molar-refractivity contribution >= 4 is 34.8 Å². The molecule has 2 rings (SSSR count). The summed E-state index contributed by atoms with van der Waals surface area (Å²) < 4.78 is 0. The Kier molecular flexibility index (Phi) is 4.44. The van der Waals surface area contributed by atoms with Crippen molar-refractivity contribution in [3.05, 3.63) is 37.9 Å². The number of nitrogens with one attached hydrogen (secondary N) is 1.